The van der Waals surface area contributed by atoms with Crippen LogP contribution >= 0.6 is 0 Å². The van der Waals surface area contributed by atoms with Crippen LogP contribution in [0.5, 0.6) is 11.5 Å². The predicted molar refractivity (Wildman–Crippen MR) is 117 cm³/mol. The quantitative estimate of drug-likeness (QED) is 0.307. The predicted octanol–water partition coefficient (Wildman–Crippen LogP) is 0.171. The molecule has 2 aromatic carbocycles. The van der Waals surface area contributed by atoms with Gasteiger partial charge in [-0.25, -0.2) is 0 Å². The second-order valence-electron chi connectivity index (χ2n) is 6.17. The molecule has 11 heteroatoms. The third kappa shape index (κ3) is 7.40. The fourth-order valence-electron chi connectivity index (χ4n) is 2.96. The van der Waals surface area contributed by atoms with Gasteiger partial charge in [0.15, 0.2) is 11.6 Å². The standard InChI is InChI=1S/2C11H10O4.2CH4O.Cu/c2*1-14-11-8(6-12)10(13)7-4-2-3-5-9(7)15-11;2*1-2;/h2*2-6,11-12H,1H3;2*2H,1H3;/q;;;;+2/p-2/b2*8-6+;;;/t2*11-;;;/m10.../s1. The minimum atomic E-state index is -0.898. The fourth-order valence-corrected chi connectivity index (χ4v) is 2.96. The van der Waals surface area contributed by atoms with Crippen LogP contribution in [0.4, 0.5) is 0 Å². The van der Waals surface area contributed by atoms with E-state index in [-0.39, 0.29) is 39.8 Å². The Morgan fingerprint density at radius 3 is 1.31 bits per heavy atom. The van der Waals surface area contributed by atoms with Gasteiger partial charge in [-0.15, -0.1) is 12.5 Å². The monoisotopic (exact) mass is 537 g/mol. The maximum absolute atomic E-state index is 11.8. The second kappa shape index (κ2) is 16.4. The Labute approximate surface area is 213 Å². The van der Waals surface area contributed by atoms with E-state index >= 15 is 0 Å². The average Bonchev–Trinajstić information content (AvgIpc) is 2.91. The third-order valence-electron chi connectivity index (χ3n) is 4.45. The molecular weight excluding hydrogens is 512 g/mol. The van der Waals surface area contributed by atoms with Crippen molar-refractivity contribution in [3.63, 3.8) is 0 Å². The molecule has 4 rings (SSSR count). The number of ether oxygens (including phenoxy) is 4. The molecule has 2 aromatic rings. The smallest absolute Gasteiger partial charge is 0.877 e. The molecule has 2 aliphatic heterocycles. The van der Waals surface area contributed by atoms with Crippen LogP contribution in [0.2, 0.25) is 0 Å². The summed E-state index contributed by atoms with van der Waals surface area (Å²) in [4.78, 5) is 23.6. The largest absolute Gasteiger partial charge is 2.00 e. The van der Waals surface area contributed by atoms with Crippen molar-refractivity contribution in [3.05, 3.63) is 83.3 Å². The summed E-state index contributed by atoms with van der Waals surface area (Å²) in [5.74, 6) is 0.220. The molecule has 2 heterocycles. The number of Topliss-reactive ketones (excluding diaryl/α,β-unsaturated/α-hetero) is 2. The van der Waals surface area contributed by atoms with Gasteiger partial charge in [0.05, 0.1) is 22.3 Å². The van der Waals surface area contributed by atoms with Crippen molar-refractivity contribution < 1.29 is 66.0 Å². The first-order valence-electron chi connectivity index (χ1n) is 9.75. The summed E-state index contributed by atoms with van der Waals surface area (Å²) in [6, 6.07) is 13.5. The van der Waals surface area contributed by atoms with Crippen LogP contribution in [0.3, 0.4) is 0 Å². The molecule has 0 unspecified atom stereocenters. The van der Waals surface area contributed by atoms with E-state index in [0.717, 1.165) is 14.2 Å². The van der Waals surface area contributed by atoms with E-state index in [1.807, 2.05) is 0 Å². The van der Waals surface area contributed by atoms with Crippen molar-refractivity contribution in [2.45, 2.75) is 12.6 Å². The van der Waals surface area contributed by atoms with Crippen LogP contribution in [0.15, 0.2) is 72.2 Å². The maximum Gasteiger partial charge on any atom is 2.00 e. The van der Waals surface area contributed by atoms with Gasteiger partial charge in [0, 0.05) is 28.4 Å². The van der Waals surface area contributed by atoms with Crippen molar-refractivity contribution in [2.24, 2.45) is 0 Å². The molecule has 35 heavy (non-hydrogen) atoms. The Morgan fingerprint density at radius 1 is 0.714 bits per heavy atom. The molecule has 0 aromatic heterocycles. The number of carbonyl (C=O) groups excluding carboxylic acids is 2. The van der Waals surface area contributed by atoms with Gasteiger partial charge < -0.3 is 39.4 Å². The van der Waals surface area contributed by atoms with E-state index in [2.05, 4.69) is 0 Å². The summed E-state index contributed by atoms with van der Waals surface area (Å²) < 4.78 is 20.5. The number of fused-ring (bicyclic) bond motifs is 2. The van der Waals surface area contributed by atoms with Gasteiger partial charge in [0.2, 0.25) is 12.6 Å². The van der Waals surface area contributed by atoms with Gasteiger partial charge >= 0.3 is 17.1 Å². The first-order valence-corrected chi connectivity index (χ1v) is 9.75. The summed E-state index contributed by atoms with van der Waals surface area (Å²) in [5, 5.41) is 35.5. The van der Waals surface area contributed by atoms with Gasteiger partial charge in [0.25, 0.3) is 0 Å². The van der Waals surface area contributed by atoms with E-state index in [9.17, 15) is 19.8 Å². The molecular formula is C24H26CuO10. The molecule has 0 saturated carbocycles. The second-order valence-corrected chi connectivity index (χ2v) is 6.17. The SMILES string of the molecule is CO.CO.CO[C@@H]1Oc2ccccc2C(=O)/C1=C\[O-].CO[C@H]1Oc2ccccc2C(=O)/C1=C\[O-].[Cu+2]. The molecule has 10 nitrogen and oxygen atoms in total. The zero-order valence-corrected chi connectivity index (χ0v) is 20.3. The summed E-state index contributed by atoms with van der Waals surface area (Å²) in [7, 11) is 4.77. The molecule has 0 amide bonds. The average molecular weight is 538 g/mol. The molecule has 0 aliphatic carbocycles. The van der Waals surface area contributed by atoms with E-state index in [0.29, 0.717) is 35.2 Å². The van der Waals surface area contributed by atoms with E-state index in [1.165, 1.54) is 14.2 Å². The van der Waals surface area contributed by atoms with Crippen LogP contribution in [0.25, 0.3) is 0 Å². The summed E-state index contributed by atoms with van der Waals surface area (Å²) in [5.41, 5.74) is 0.785. The number of ketones is 2. The number of rotatable bonds is 2. The van der Waals surface area contributed by atoms with Crippen LogP contribution < -0.4 is 19.7 Å². The van der Waals surface area contributed by atoms with Crippen molar-refractivity contribution in [2.75, 3.05) is 28.4 Å². The Kier molecular flexibility index (Phi) is 15.0. The minimum absolute atomic E-state index is 0. The van der Waals surface area contributed by atoms with E-state index in [1.54, 1.807) is 48.5 Å². The van der Waals surface area contributed by atoms with Crippen molar-refractivity contribution in [3.8, 4) is 11.5 Å². The molecule has 2 N–H and O–H groups in total. The molecule has 1 radical (unpaired) electrons. The number of hydrogen-bond acceptors (Lipinski definition) is 10. The summed E-state index contributed by atoms with van der Waals surface area (Å²) >= 11 is 0. The van der Waals surface area contributed by atoms with Crippen LogP contribution in [-0.4, -0.2) is 62.8 Å². The Balaban J connectivity index is 0.000000565. The number of aliphatic hydroxyl groups is 2. The number of methoxy groups -OCH3 is 2. The molecule has 0 fully saturated rings. The molecule has 0 saturated heterocycles. The molecule has 2 atom stereocenters. The normalized spacial score (nSPS) is 19.5. The first-order chi connectivity index (χ1) is 16.5. The molecule has 2 aliphatic rings. The maximum atomic E-state index is 11.8. The zero-order valence-electron chi connectivity index (χ0n) is 19.4. The van der Waals surface area contributed by atoms with Gasteiger partial charge in [-0.3, -0.25) is 9.59 Å². The summed E-state index contributed by atoms with van der Waals surface area (Å²) in [6.07, 6.45) is -0.839. The van der Waals surface area contributed by atoms with Crippen molar-refractivity contribution in [1.82, 2.24) is 0 Å². The molecule has 193 valence electrons. The van der Waals surface area contributed by atoms with E-state index in [4.69, 9.17) is 29.2 Å². The van der Waals surface area contributed by atoms with Crippen LogP contribution in [0.1, 0.15) is 20.7 Å². The number of benzene rings is 2. The Hall–Kier alpha value is -3.18. The number of para-hydroxylation sites is 2. The number of carbonyl (C=O) groups is 2. The Bertz CT molecular complexity index is 937. The van der Waals surface area contributed by atoms with E-state index < -0.39 is 12.6 Å². The number of hydrogen-bond donors (Lipinski definition) is 2. The topological polar surface area (TPSA) is 158 Å². The van der Waals surface area contributed by atoms with Gasteiger partial charge in [-0.05, 0) is 24.3 Å². The van der Waals surface area contributed by atoms with Crippen molar-refractivity contribution >= 4 is 11.6 Å². The van der Waals surface area contributed by atoms with Crippen LogP contribution in [0, 0.1) is 0 Å². The minimum Gasteiger partial charge on any atom is -0.877 e. The third-order valence-corrected chi connectivity index (χ3v) is 4.45. The van der Waals surface area contributed by atoms with Crippen molar-refractivity contribution in [1.29, 1.82) is 0 Å². The Morgan fingerprint density at radius 2 is 1.03 bits per heavy atom. The fraction of sp³-hybridized carbons (Fsp3) is 0.250. The molecule has 0 spiro atoms. The molecule has 0 bridgehead atoms. The van der Waals surface area contributed by atoms with Crippen LogP contribution in [-0.2, 0) is 26.5 Å². The zero-order chi connectivity index (χ0) is 25.7. The number of aliphatic hydroxyl groups excluding tert-OH is 2. The van der Waals surface area contributed by atoms with Gasteiger partial charge in [-0.2, -0.15) is 0 Å². The van der Waals surface area contributed by atoms with Gasteiger partial charge in [0.1, 0.15) is 11.5 Å². The first kappa shape index (κ1) is 31.8. The summed E-state index contributed by atoms with van der Waals surface area (Å²) in [6.45, 7) is 0. The van der Waals surface area contributed by atoms with Gasteiger partial charge in [-0.1, -0.05) is 24.3 Å².